The fourth-order valence-corrected chi connectivity index (χ4v) is 3.15. The summed E-state index contributed by atoms with van der Waals surface area (Å²) in [5.74, 6) is 1.64. The van der Waals surface area contributed by atoms with Gasteiger partial charge in [0.1, 0.15) is 5.82 Å². The Hall–Kier alpha value is -2.73. The van der Waals surface area contributed by atoms with Crippen LogP contribution in [0.1, 0.15) is 22.6 Å². The lowest BCUT2D eigenvalue weighted by Crippen LogP contribution is -2.26. The summed E-state index contributed by atoms with van der Waals surface area (Å²) in [6.07, 6.45) is 1.39. The van der Waals surface area contributed by atoms with Crippen LogP contribution >= 0.6 is 11.6 Å². The van der Waals surface area contributed by atoms with Gasteiger partial charge < -0.3 is 19.8 Å². The minimum Gasteiger partial charge on any atom is -0.489 e. The number of aromatic nitrogens is 2. The molecule has 4 rings (SSSR count). The van der Waals surface area contributed by atoms with E-state index < -0.39 is 0 Å². The first-order valence-electron chi connectivity index (χ1n) is 8.52. The number of ether oxygens (including phenoxy) is 2. The van der Waals surface area contributed by atoms with Gasteiger partial charge in [-0.15, -0.1) is 0 Å². The van der Waals surface area contributed by atoms with Gasteiger partial charge >= 0.3 is 0 Å². The van der Waals surface area contributed by atoms with E-state index in [9.17, 15) is 4.79 Å². The predicted octanol–water partition coefficient (Wildman–Crippen LogP) is 3.35. The number of hydrogen-bond acceptors (Lipinski definition) is 4. The largest absolute Gasteiger partial charge is 0.489 e. The highest BCUT2D eigenvalue weighted by molar-refractivity contribution is 6.32. The summed E-state index contributed by atoms with van der Waals surface area (Å²) in [6.45, 7) is 1.56. The van der Waals surface area contributed by atoms with Gasteiger partial charge in [-0.25, -0.2) is 4.98 Å². The quantitative estimate of drug-likeness (QED) is 0.737. The highest BCUT2D eigenvalue weighted by Crippen LogP contribution is 2.37. The molecule has 2 heterocycles. The maximum Gasteiger partial charge on any atom is 0.251 e. The molecule has 0 saturated heterocycles. The number of benzene rings is 2. The lowest BCUT2D eigenvalue weighted by Gasteiger charge is -2.11. The summed E-state index contributed by atoms with van der Waals surface area (Å²) < 4.78 is 11.2. The van der Waals surface area contributed by atoms with E-state index in [0.717, 1.165) is 23.3 Å². The molecule has 134 valence electrons. The number of para-hydroxylation sites is 2. The SMILES string of the molecule is O=C(NCCc1nc2ccccc2[nH]1)c1cc(Cl)c2c(c1)OCCCO2. The molecule has 0 fully saturated rings. The third-order valence-electron chi connectivity index (χ3n) is 4.15. The van der Waals surface area contributed by atoms with Gasteiger partial charge in [0, 0.05) is 24.9 Å². The van der Waals surface area contributed by atoms with Gasteiger partial charge in [0.25, 0.3) is 5.91 Å². The number of hydrogen-bond donors (Lipinski definition) is 2. The van der Waals surface area contributed by atoms with Crippen molar-refractivity contribution in [2.45, 2.75) is 12.8 Å². The zero-order chi connectivity index (χ0) is 17.9. The molecule has 0 unspecified atom stereocenters. The van der Waals surface area contributed by atoms with E-state index in [1.165, 1.54) is 0 Å². The third-order valence-corrected chi connectivity index (χ3v) is 4.43. The topological polar surface area (TPSA) is 76.2 Å². The maximum absolute atomic E-state index is 12.4. The van der Waals surface area contributed by atoms with E-state index in [4.69, 9.17) is 21.1 Å². The van der Waals surface area contributed by atoms with Crippen LogP contribution in [0.3, 0.4) is 0 Å². The number of H-pyrrole nitrogens is 1. The summed E-state index contributed by atoms with van der Waals surface area (Å²) in [7, 11) is 0. The second kappa shape index (κ2) is 7.25. The van der Waals surface area contributed by atoms with Gasteiger partial charge in [-0.2, -0.15) is 0 Å². The average molecular weight is 372 g/mol. The van der Waals surface area contributed by atoms with Gasteiger partial charge in [-0.05, 0) is 24.3 Å². The Morgan fingerprint density at radius 1 is 1.23 bits per heavy atom. The summed E-state index contributed by atoms with van der Waals surface area (Å²) in [5.41, 5.74) is 2.36. The molecule has 1 amide bonds. The molecule has 3 aromatic rings. The van der Waals surface area contributed by atoms with Crippen LogP contribution in [0.15, 0.2) is 36.4 Å². The van der Waals surface area contributed by atoms with Crippen LogP contribution in [0.25, 0.3) is 11.0 Å². The number of carbonyl (C=O) groups is 1. The van der Waals surface area contributed by atoms with E-state index in [0.29, 0.717) is 48.3 Å². The highest BCUT2D eigenvalue weighted by atomic mass is 35.5. The summed E-state index contributed by atoms with van der Waals surface area (Å²) >= 11 is 6.24. The Bertz CT molecular complexity index is 921. The van der Waals surface area contributed by atoms with Crippen LogP contribution in [0.4, 0.5) is 0 Å². The first-order valence-corrected chi connectivity index (χ1v) is 8.89. The van der Waals surface area contributed by atoms with Crippen molar-refractivity contribution in [3.8, 4) is 11.5 Å². The number of fused-ring (bicyclic) bond motifs is 2. The summed E-state index contributed by atoms with van der Waals surface area (Å²) in [6, 6.07) is 11.1. The highest BCUT2D eigenvalue weighted by Gasteiger charge is 2.18. The molecule has 0 aliphatic carbocycles. The lowest BCUT2D eigenvalue weighted by molar-refractivity contribution is 0.0953. The fourth-order valence-electron chi connectivity index (χ4n) is 2.88. The van der Waals surface area contributed by atoms with Crippen molar-refractivity contribution in [1.29, 1.82) is 0 Å². The molecule has 1 aliphatic rings. The molecule has 6 nitrogen and oxygen atoms in total. The molecule has 26 heavy (non-hydrogen) atoms. The van der Waals surface area contributed by atoms with Crippen molar-refractivity contribution in [3.63, 3.8) is 0 Å². The van der Waals surface area contributed by atoms with Crippen LogP contribution in [-0.2, 0) is 6.42 Å². The average Bonchev–Trinajstić information content (AvgIpc) is 2.89. The monoisotopic (exact) mass is 371 g/mol. The van der Waals surface area contributed by atoms with Gasteiger partial charge in [0.15, 0.2) is 11.5 Å². The lowest BCUT2D eigenvalue weighted by atomic mass is 10.2. The van der Waals surface area contributed by atoms with Crippen molar-refractivity contribution in [2.24, 2.45) is 0 Å². The molecule has 7 heteroatoms. The molecule has 1 aromatic heterocycles. The number of halogens is 1. The number of rotatable bonds is 4. The van der Waals surface area contributed by atoms with Crippen molar-refractivity contribution >= 4 is 28.5 Å². The van der Waals surface area contributed by atoms with Crippen LogP contribution < -0.4 is 14.8 Å². The van der Waals surface area contributed by atoms with Crippen LogP contribution in [-0.4, -0.2) is 35.6 Å². The van der Waals surface area contributed by atoms with Crippen molar-refractivity contribution in [3.05, 3.63) is 52.8 Å². The Balaban J connectivity index is 1.41. The standard InChI is InChI=1S/C19H18ClN3O3/c20-13-10-12(11-16-18(13)26-9-3-8-25-16)19(24)21-7-6-17-22-14-4-1-2-5-15(14)23-17/h1-2,4-5,10-11H,3,6-9H2,(H,21,24)(H,22,23). The van der Waals surface area contributed by atoms with Crippen molar-refractivity contribution in [1.82, 2.24) is 15.3 Å². The van der Waals surface area contributed by atoms with Gasteiger partial charge in [-0.3, -0.25) is 4.79 Å². The summed E-state index contributed by atoms with van der Waals surface area (Å²) in [5, 5.41) is 3.27. The molecule has 0 atom stereocenters. The molecule has 2 aromatic carbocycles. The second-order valence-electron chi connectivity index (χ2n) is 6.04. The Kier molecular flexibility index (Phi) is 4.67. The fraction of sp³-hybridized carbons (Fsp3) is 0.263. The van der Waals surface area contributed by atoms with Crippen LogP contribution in [0.5, 0.6) is 11.5 Å². The van der Waals surface area contributed by atoms with E-state index in [-0.39, 0.29) is 5.91 Å². The molecular formula is C19H18ClN3O3. The molecule has 0 radical (unpaired) electrons. The molecule has 2 N–H and O–H groups in total. The van der Waals surface area contributed by atoms with Crippen molar-refractivity contribution < 1.29 is 14.3 Å². The minimum absolute atomic E-state index is 0.210. The first-order chi connectivity index (χ1) is 12.7. The third kappa shape index (κ3) is 3.46. The van der Waals surface area contributed by atoms with Gasteiger partial charge in [-0.1, -0.05) is 23.7 Å². The molecule has 0 saturated carbocycles. The minimum atomic E-state index is -0.210. The van der Waals surface area contributed by atoms with Gasteiger partial charge in [0.05, 0.1) is 29.3 Å². The summed E-state index contributed by atoms with van der Waals surface area (Å²) in [4.78, 5) is 20.2. The normalized spacial score (nSPS) is 13.4. The van der Waals surface area contributed by atoms with Gasteiger partial charge in [0.2, 0.25) is 0 Å². The van der Waals surface area contributed by atoms with E-state index in [1.807, 2.05) is 24.3 Å². The number of amides is 1. The Morgan fingerprint density at radius 2 is 2.08 bits per heavy atom. The van der Waals surface area contributed by atoms with Crippen LogP contribution in [0, 0.1) is 0 Å². The molecule has 0 spiro atoms. The van der Waals surface area contributed by atoms with Crippen molar-refractivity contribution in [2.75, 3.05) is 19.8 Å². The predicted molar refractivity (Wildman–Crippen MR) is 99.2 cm³/mol. The van der Waals surface area contributed by atoms with E-state index in [1.54, 1.807) is 12.1 Å². The number of imidazole rings is 1. The van der Waals surface area contributed by atoms with Crippen LogP contribution in [0.2, 0.25) is 5.02 Å². The number of aromatic amines is 1. The second-order valence-corrected chi connectivity index (χ2v) is 6.45. The molecule has 1 aliphatic heterocycles. The Morgan fingerprint density at radius 3 is 2.96 bits per heavy atom. The van der Waals surface area contributed by atoms with E-state index >= 15 is 0 Å². The van der Waals surface area contributed by atoms with E-state index in [2.05, 4.69) is 15.3 Å². The zero-order valence-electron chi connectivity index (χ0n) is 14.0. The maximum atomic E-state index is 12.4. The first kappa shape index (κ1) is 16.7. The molecule has 0 bridgehead atoms. The number of nitrogens with zero attached hydrogens (tertiary/aromatic N) is 1. The Labute approximate surface area is 155 Å². The zero-order valence-corrected chi connectivity index (χ0v) is 14.8. The number of nitrogens with one attached hydrogen (secondary N) is 2. The molecular weight excluding hydrogens is 354 g/mol. The number of carbonyl (C=O) groups excluding carboxylic acids is 1. The smallest absolute Gasteiger partial charge is 0.251 e.